The van der Waals surface area contributed by atoms with E-state index in [4.69, 9.17) is 0 Å². The van der Waals surface area contributed by atoms with Crippen molar-refractivity contribution in [2.75, 3.05) is 38.0 Å². The maximum atomic E-state index is 13.1. The summed E-state index contributed by atoms with van der Waals surface area (Å²) in [4.78, 5) is 13.1. The average molecular weight is 411 g/mol. The van der Waals surface area contributed by atoms with Gasteiger partial charge in [0.2, 0.25) is 10.0 Å². The first-order valence-electron chi connectivity index (χ1n) is 10.0. The molecule has 9 heteroatoms. The minimum Gasteiger partial charge on any atom is -0.381 e. The van der Waals surface area contributed by atoms with Crippen molar-refractivity contribution in [1.29, 1.82) is 0 Å². The summed E-state index contributed by atoms with van der Waals surface area (Å²) >= 11 is 0. The molecule has 0 amide bonds. The maximum absolute atomic E-state index is 13.1. The number of nitrogens with zero attached hydrogens (tertiary/aromatic N) is 3. The van der Waals surface area contributed by atoms with Crippen molar-refractivity contribution in [3.63, 3.8) is 0 Å². The monoisotopic (exact) mass is 410 g/mol. The highest BCUT2D eigenvalue weighted by Crippen LogP contribution is 2.32. The Hall–Kier alpha value is -1.71. The van der Waals surface area contributed by atoms with Crippen LogP contribution in [-0.2, 0) is 10.0 Å². The molecule has 2 fully saturated rings. The second-order valence-corrected chi connectivity index (χ2v) is 10.1. The van der Waals surface area contributed by atoms with Crippen LogP contribution in [0.1, 0.15) is 39.5 Å². The van der Waals surface area contributed by atoms with E-state index in [1.54, 1.807) is 6.07 Å². The van der Waals surface area contributed by atoms with Crippen LogP contribution in [0.2, 0.25) is 0 Å². The van der Waals surface area contributed by atoms with Crippen LogP contribution in [0.4, 0.5) is 11.4 Å². The highest BCUT2D eigenvalue weighted by Gasteiger charge is 2.32. The van der Waals surface area contributed by atoms with Crippen LogP contribution in [0.25, 0.3) is 0 Å². The zero-order valence-electron chi connectivity index (χ0n) is 16.6. The number of nitrogens with one attached hydrogen (secondary N) is 1. The Morgan fingerprint density at radius 1 is 1.18 bits per heavy atom. The molecule has 0 aromatic heterocycles. The van der Waals surface area contributed by atoms with E-state index in [1.807, 2.05) is 0 Å². The first-order valence-corrected chi connectivity index (χ1v) is 11.5. The van der Waals surface area contributed by atoms with Gasteiger partial charge in [-0.25, -0.2) is 8.42 Å². The lowest BCUT2D eigenvalue weighted by molar-refractivity contribution is -0.385. The lowest BCUT2D eigenvalue weighted by Gasteiger charge is -2.34. The van der Waals surface area contributed by atoms with E-state index < -0.39 is 14.9 Å². The van der Waals surface area contributed by atoms with E-state index in [0.717, 1.165) is 45.3 Å². The first-order chi connectivity index (χ1) is 13.3. The van der Waals surface area contributed by atoms with Gasteiger partial charge >= 0.3 is 0 Å². The molecule has 2 saturated heterocycles. The van der Waals surface area contributed by atoms with Gasteiger partial charge in [-0.3, -0.25) is 10.1 Å². The molecule has 2 aliphatic rings. The van der Waals surface area contributed by atoms with Crippen LogP contribution in [-0.4, -0.2) is 61.3 Å². The van der Waals surface area contributed by atoms with Gasteiger partial charge in [0, 0.05) is 50.9 Å². The molecule has 2 aliphatic heterocycles. The number of piperidine rings is 1. The van der Waals surface area contributed by atoms with Crippen molar-refractivity contribution in [3.05, 3.63) is 28.3 Å². The van der Waals surface area contributed by atoms with Crippen LogP contribution in [0.5, 0.6) is 0 Å². The minimum absolute atomic E-state index is 0.0215. The van der Waals surface area contributed by atoms with Crippen LogP contribution < -0.4 is 5.32 Å². The fourth-order valence-corrected chi connectivity index (χ4v) is 5.71. The van der Waals surface area contributed by atoms with Crippen molar-refractivity contribution in [2.24, 2.45) is 5.92 Å². The van der Waals surface area contributed by atoms with Crippen molar-refractivity contribution < 1.29 is 13.3 Å². The topological polar surface area (TPSA) is 95.8 Å². The molecule has 0 radical (unpaired) electrons. The summed E-state index contributed by atoms with van der Waals surface area (Å²) in [5.74, 6) is 0.622. The Morgan fingerprint density at radius 3 is 2.39 bits per heavy atom. The molecule has 0 aliphatic carbocycles. The first kappa shape index (κ1) is 21.0. The van der Waals surface area contributed by atoms with Gasteiger partial charge in [0.05, 0.1) is 10.6 Å². The lowest BCUT2D eigenvalue weighted by Crippen LogP contribution is -2.41. The fraction of sp³-hybridized carbons (Fsp3) is 0.684. The number of sulfonamides is 1. The van der Waals surface area contributed by atoms with Crippen molar-refractivity contribution in [2.45, 2.75) is 50.5 Å². The third kappa shape index (κ3) is 4.82. The van der Waals surface area contributed by atoms with Gasteiger partial charge in [0.15, 0.2) is 0 Å². The molecule has 1 N–H and O–H groups in total. The normalized spacial score (nSPS) is 20.0. The molecule has 1 aromatic carbocycles. The molecule has 0 saturated carbocycles. The third-order valence-corrected chi connectivity index (χ3v) is 7.37. The number of nitro groups is 1. The predicted molar refractivity (Wildman–Crippen MR) is 109 cm³/mol. The number of rotatable bonds is 7. The third-order valence-electron chi connectivity index (χ3n) is 5.43. The van der Waals surface area contributed by atoms with Gasteiger partial charge in [-0.15, -0.1) is 0 Å². The number of benzene rings is 1. The molecule has 28 heavy (non-hydrogen) atoms. The quantitative estimate of drug-likeness (QED) is 0.548. The Labute approximate surface area is 167 Å². The predicted octanol–water partition coefficient (Wildman–Crippen LogP) is 2.91. The fourth-order valence-electron chi connectivity index (χ4n) is 4.02. The van der Waals surface area contributed by atoms with Crippen molar-refractivity contribution >= 4 is 21.4 Å². The van der Waals surface area contributed by atoms with Gasteiger partial charge < -0.3 is 10.2 Å². The number of anilines is 1. The van der Waals surface area contributed by atoms with Crippen LogP contribution >= 0.6 is 0 Å². The van der Waals surface area contributed by atoms with Gasteiger partial charge in [-0.2, -0.15) is 4.31 Å². The molecule has 0 atom stereocenters. The lowest BCUT2D eigenvalue weighted by atomic mass is 10.0. The molecule has 1 aromatic rings. The zero-order chi connectivity index (χ0) is 20.3. The number of nitro benzene ring substituents is 1. The number of hydrogen-bond acceptors (Lipinski definition) is 6. The summed E-state index contributed by atoms with van der Waals surface area (Å²) in [6, 6.07) is 4.28. The summed E-state index contributed by atoms with van der Waals surface area (Å²) in [5, 5.41) is 14.6. The summed E-state index contributed by atoms with van der Waals surface area (Å²) < 4.78 is 27.6. The Kier molecular flexibility index (Phi) is 6.57. The smallest absolute Gasteiger partial charge is 0.270 e. The SMILES string of the molecule is CC(C)CN1CCC(Nc2ccc([N+](=O)[O-])cc2S(=O)(=O)N2CCCC2)CC1. The number of non-ortho nitro benzene ring substituents is 1. The molecule has 8 nitrogen and oxygen atoms in total. The van der Waals surface area contributed by atoms with E-state index >= 15 is 0 Å². The Bertz CT molecular complexity index is 798. The van der Waals surface area contributed by atoms with E-state index in [1.165, 1.54) is 16.4 Å². The van der Waals surface area contributed by atoms with Crippen molar-refractivity contribution in [3.8, 4) is 0 Å². The standard InChI is InChI=1S/C19H30N4O4S/c1-15(2)14-21-11-7-16(8-12-21)20-18-6-5-17(23(24)25)13-19(18)28(26,27)22-9-3-4-10-22/h5-6,13,15-16,20H,3-4,7-12,14H2,1-2H3. The van der Waals surface area contributed by atoms with E-state index in [-0.39, 0.29) is 16.6 Å². The second-order valence-electron chi connectivity index (χ2n) is 8.16. The van der Waals surface area contributed by atoms with Gasteiger partial charge in [-0.1, -0.05) is 13.8 Å². The summed E-state index contributed by atoms with van der Waals surface area (Å²) in [7, 11) is -3.75. The molecule has 0 unspecified atom stereocenters. The second kappa shape index (κ2) is 8.75. The molecule has 0 spiro atoms. The van der Waals surface area contributed by atoms with Crippen LogP contribution in [0.15, 0.2) is 23.1 Å². The highest BCUT2D eigenvalue weighted by atomic mass is 32.2. The Morgan fingerprint density at radius 2 is 1.82 bits per heavy atom. The summed E-state index contributed by atoms with van der Waals surface area (Å²) in [5.41, 5.74) is 0.273. The van der Waals surface area contributed by atoms with Crippen LogP contribution in [0.3, 0.4) is 0 Å². The van der Waals surface area contributed by atoms with Gasteiger partial charge in [0.25, 0.3) is 5.69 Å². The molecule has 156 valence electrons. The molecule has 2 heterocycles. The highest BCUT2D eigenvalue weighted by molar-refractivity contribution is 7.89. The van der Waals surface area contributed by atoms with E-state index in [2.05, 4.69) is 24.1 Å². The Balaban J connectivity index is 1.80. The zero-order valence-corrected chi connectivity index (χ0v) is 17.5. The van der Waals surface area contributed by atoms with E-state index in [0.29, 0.717) is 24.7 Å². The average Bonchev–Trinajstić information content (AvgIpc) is 3.18. The minimum atomic E-state index is -3.75. The largest absolute Gasteiger partial charge is 0.381 e. The molecule has 3 rings (SSSR count). The van der Waals surface area contributed by atoms with Crippen molar-refractivity contribution in [1.82, 2.24) is 9.21 Å². The number of hydrogen-bond donors (Lipinski definition) is 1. The summed E-state index contributed by atoms with van der Waals surface area (Å²) in [6.07, 6.45) is 3.50. The summed E-state index contributed by atoms with van der Waals surface area (Å²) in [6.45, 7) is 8.36. The van der Waals surface area contributed by atoms with E-state index in [9.17, 15) is 18.5 Å². The van der Waals surface area contributed by atoms with Gasteiger partial charge in [-0.05, 0) is 37.7 Å². The molecular weight excluding hydrogens is 380 g/mol. The number of likely N-dealkylation sites (tertiary alicyclic amines) is 1. The van der Waals surface area contributed by atoms with Crippen LogP contribution in [0, 0.1) is 16.0 Å². The van der Waals surface area contributed by atoms with Gasteiger partial charge in [0.1, 0.15) is 4.90 Å². The maximum Gasteiger partial charge on any atom is 0.270 e. The molecular formula is C19H30N4O4S. The molecule has 0 bridgehead atoms.